The number of hydrogen-bond donors (Lipinski definition) is 1. The first kappa shape index (κ1) is 24.2. The maximum atomic E-state index is 13.6. The highest BCUT2D eigenvalue weighted by Crippen LogP contribution is 3.09. The fraction of sp³-hybridized carbons (Fsp3) is 0.621. The Kier molecular flexibility index (Phi) is 4.31. The Hall–Kier alpha value is -3.44. The number of hydrogen-bond acceptors (Lipinski definition) is 8. The number of ether oxygens (including phenoxy) is 2. The molecule has 3 aromatic rings. The molecule has 0 aliphatic heterocycles. The molecule has 0 bridgehead atoms. The summed E-state index contributed by atoms with van der Waals surface area (Å²) >= 11 is 0. The second-order valence-corrected chi connectivity index (χ2v) is 13.0. The monoisotopic (exact) mass is 565 g/mol. The van der Waals surface area contributed by atoms with Gasteiger partial charge in [-0.1, -0.05) is 0 Å². The highest BCUT2D eigenvalue weighted by atomic mass is 19.4. The van der Waals surface area contributed by atoms with Gasteiger partial charge < -0.3 is 19.4 Å². The van der Waals surface area contributed by atoms with Crippen LogP contribution in [0.5, 0.6) is 11.6 Å². The zero-order valence-corrected chi connectivity index (χ0v) is 23.1. The van der Waals surface area contributed by atoms with Crippen molar-refractivity contribution in [2.24, 2.45) is 40.9 Å². The maximum absolute atomic E-state index is 13.6. The molecule has 0 radical (unpaired) electrons. The van der Waals surface area contributed by atoms with Gasteiger partial charge in [0, 0.05) is 30.1 Å². The van der Waals surface area contributed by atoms with Gasteiger partial charge in [-0.2, -0.15) is 13.2 Å². The summed E-state index contributed by atoms with van der Waals surface area (Å²) in [6.45, 7) is 4.64. The minimum absolute atomic E-state index is 0.0571. The van der Waals surface area contributed by atoms with Crippen molar-refractivity contribution in [3.63, 3.8) is 0 Å². The Balaban J connectivity index is 0.984. The van der Waals surface area contributed by atoms with E-state index in [4.69, 9.17) is 14.5 Å². The number of nitrogens with one attached hydrogen (secondary N) is 1. The van der Waals surface area contributed by atoms with Gasteiger partial charge in [-0.15, -0.1) is 0 Å². The molecule has 1 N–H and O–H groups in total. The number of methoxy groups -OCH3 is 2. The first-order valence-corrected chi connectivity index (χ1v) is 14.4. The van der Waals surface area contributed by atoms with E-state index < -0.39 is 11.9 Å². The fourth-order valence-electron chi connectivity index (χ4n) is 10.2. The standard InChI is InChI=1S/C29H30F3N7O2/c1-11(2)39-8-14(29(30,31)32)37-26(39)28-19-16-20(28)18-21(28)17(19)27(16,18)9-34-23-13(40-3)7-33-24(38-23)15-22(12-5-6-12)35-10-36-25(15)41-4/h7-8,10-12,16-21H,5-6,9H2,1-4H3,(H,33,34,38). The van der Waals surface area contributed by atoms with E-state index in [-0.39, 0.29) is 16.9 Å². The first-order valence-electron chi connectivity index (χ1n) is 14.4. The predicted octanol–water partition coefficient (Wildman–Crippen LogP) is 4.73. The third-order valence-corrected chi connectivity index (χ3v) is 11.6. The molecule has 7 fully saturated rings. The lowest BCUT2D eigenvalue weighted by atomic mass is 8.92. The SMILES string of the molecule is COc1cnc(-c2c(OC)ncnc2C2CC2)nc1NCC12C3C4C1C1C2C3C41c1nc(C(F)(F)F)cn1C(C)C. The third-order valence-electron chi connectivity index (χ3n) is 11.6. The van der Waals surface area contributed by atoms with Crippen molar-refractivity contribution >= 4 is 5.82 Å². The van der Waals surface area contributed by atoms with Gasteiger partial charge in [0.2, 0.25) is 5.88 Å². The molecule has 12 heteroatoms. The van der Waals surface area contributed by atoms with Crippen LogP contribution in [-0.2, 0) is 11.6 Å². The second-order valence-electron chi connectivity index (χ2n) is 13.0. The van der Waals surface area contributed by atoms with E-state index in [0.717, 1.165) is 30.6 Å². The molecule has 7 aliphatic carbocycles. The van der Waals surface area contributed by atoms with Crippen molar-refractivity contribution in [3.8, 4) is 23.0 Å². The van der Waals surface area contributed by atoms with Crippen LogP contribution in [0.4, 0.5) is 19.0 Å². The van der Waals surface area contributed by atoms with E-state index in [1.54, 1.807) is 25.0 Å². The molecule has 3 aromatic heterocycles. The summed E-state index contributed by atoms with van der Waals surface area (Å²) < 4.78 is 53.7. The molecule has 0 unspecified atom stereocenters. The molecular formula is C29H30F3N7O2. The minimum Gasteiger partial charge on any atom is -0.491 e. The number of aromatic nitrogens is 6. The van der Waals surface area contributed by atoms with Gasteiger partial charge in [0.05, 0.1) is 26.1 Å². The van der Waals surface area contributed by atoms with E-state index in [9.17, 15) is 13.2 Å². The van der Waals surface area contributed by atoms with Crippen molar-refractivity contribution in [2.45, 2.75) is 50.2 Å². The van der Waals surface area contributed by atoms with Crippen LogP contribution < -0.4 is 14.8 Å². The van der Waals surface area contributed by atoms with Gasteiger partial charge in [0.1, 0.15) is 17.7 Å². The van der Waals surface area contributed by atoms with Gasteiger partial charge in [-0.25, -0.2) is 24.9 Å². The van der Waals surface area contributed by atoms with Crippen LogP contribution in [-0.4, -0.2) is 50.3 Å². The first-order chi connectivity index (χ1) is 19.7. The van der Waals surface area contributed by atoms with Crippen molar-refractivity contribution < 1.29 is 22.6 Å². The smallest absolute Gasteiger partial charge is 0.434 e. The molecule has 0 atom stereocenters. The van der Waals surface area contributed by atoms with Gasteiger partial charge in [-0.3, -0.25) is 0 Å². The van der Waals surface area contributed by atoms with E-state index in [1.807, 2.05) is 13.8 Å². The Morgan fingerprint density at radius 1 is 1.00 bits per heavy atom. The van der Waals surface area contributed by atoms with Crippen molar-refractivity contribution in [1.82, 2.24) is 29.5 Å². The minimum atomic E-state index is -4.43. The summed E-state index contributed by atoms with van der Waals surface area (Å²) in [5.41, 5.74) is 0.932. The number of alkyl halides is 3. The van der Waals surface area contributed by atoms with Crippen molar-refractivity contribution in [1.29, 1.82) is 0 Å². The molecule has 0 spiro atoms. The van der Waals surface area contributed by atoms with E-state index in [1.165, 1.54) is 12.5 Å². The zero-order chi connectivity index (χ0) is 28.2. The van der Waals surface area contributed by atoms with Crippen molar-refractivity contribution in [3.05, 3.63) is 35.9 Å². The number of rotatable bonds is 9. The molecule has 0 amide bonds. The molecule has 41 heavy (non-hydrogen) atoms. The summed E-state index contributed by atoms with van der Waals surface area (Å²) in [5, 5.41) is 3.59. The van der Waals surface area contributed by atoms with Gasteiger partial charge in [0.15, 0.2) is 23.1 Å². The Labute approximate surface area is 234 Å². The van der Waals surface area contributed by atoms with Crippen LogP contribution in [0.15, 0.2) is 18.7 Å². The normalized spacial score (nSPS) is 36.4. The maximum Gasteiger partial charge on any atom is 0.434 e. The van der Waals surface area contributed by atoms with Crippen LogP contribution in [0.25, 0.3) is 11.4 Å². The molecule has 0 aromatic carbocycles. The molecule has 9 nitrogen and oxygen atoms in total. The van der Waals surface area contributed by atoms with Crippen LogP contribution in [0.3, 0.4) is 0 Å². The second kappa shape index (κ2) is 7.30. The number of anilines is 1. The Morgan fingerprint density at radius 2 is 1.71 bits per heavy atom. The Bertz CT molecular complexity index is 1580. The fourth-order valence-corrected chi connectivity index (χ4v) is 10.2. The predicted molar refractivity (Wildman–Crippen MR) is 139 cm³/mol. The number of nitrogens with zero attached hydrogens (tertiary/aromatic N) is 6. The molecule has 214 valence electrons. The largest absolute Gasteiger partial charge is 0.491 e. The van der Waals surface area contributed by atoms with Gasteiger partial charge in [0.25, 0.3) is 0 Å². The molecular weight excluding hydrogens is 535 g/mol. The van der Waals surface area contributed by atoms with Gasteiger partial charge in [-0.05, 0) is 67.6 Å². The van der Waals surface area contributed by atoms with Crippen LogP contribution in [0, 0.1) is 40.9 Å². The summed E-state index contributed by atoms with van der Waals surface area (Å²) in [6, 6.07) is -0.0571. The average molecular weight is 566 g/mol. The summed E-state index contributed by atoms with van der Waals surface area (Å²) in [7, 11) is 3.19. The summed E-state index contributed by atoms with van der Waals surface area (Å²) in [6.07, 6.45) is 2.13. The van der Waals surface area contributed by atoms with Crippen LogP contribution in [0.1, 0.15) is 55.9 Å². The third kappa shape index (κ3) is 2.49. The zero-order valence-electron chi connectivity index (χ0n) is 23.1. The molecule has 7 saturated carbocycles. The molecule has 0 saturated heterocycles. The topological polar surface area (TPSA) is 99.9 Å². The summed E-state index contributed by atoms with van der Waals surface area (Å²) in [5.74, 6) is 6.13. The Morgan fingerprint density at radius 3 is 2.29 bits per heavy atom. The quantitative estimate of drug-likeness (QED) is 0.398. The van der Waals surface area contributed by atoms with Crippen LogP contribution in [0.2, 0.25) is 0 Å². The summed E-state index contributed by atoms with van der Waals surface area (Å²) in [4.78, 5) is 22.5. The van der Waals surface area contributed by atoms with Crippen LogP contribution >= 0.6 is 0 Å². The average Bonchev–Trinajstić information content (AvgIpc) is 3.71. The van der Waals surface area contributed by atoms with E-state index in [0.29, 0.717) is 70.5 Å². The lowest BCUT2D eigenvalue weighted by Gasteiger charge is -3.11. The van der Waals surface area contributed by atoms with Crippen molar-refractivity contribution in [2.75, 3.05) is 26.1 Å². The van der Waals surface area contributed by atoms with E-state index in [2.05, 4.69) is 25.3 Å². The van der Waals surface area contributed by atoms with E-state index >= 15 is 0 Å². The highest BCUT2D eigenvalue weighted by Gasteiger charge is 3.10. The number of imidazole rings is 1. The van der Waals surface area contributed by atoms with Gasteiger partial charge >= 0.3 is 6.18 Å². The molecule has 3 heterocycles. The number of halogens is 3. The molecule has 10 rings (SSSR count). The molecule has 7 aliphatic rings. The lowest BCUT2D eigenvalue weighted by Crippen LogP contribution is -3.12. The highest BCUT2D eigenvalue weighted by molar-refractivity contribution is 5.69. The lowest BCUT2D eigenvalue weighted by molar-refractivity contribution is -0.626.